The highest BCUT2D eigenvalue weighted by Crippen LogP contribution is 2.87. The van der Waals surface area contributed by atoms with Gasteiger partial charge >= 0.3 is 26.8 Å². The first-order valence-electron chi connectivity index (χ1n) is 15.9. The third kappa shape index (κ3) is 5.44. The molecule has 12 atom stereocenters. The predicted octanol–water partition coefficient (Wildman–Crippen LogP) is 4.33. The molecule has 258 valence electrons. The van der Waals surface area contributed by atoms with E-state index >= 15 is 0 Å². The first kappa shape index (κ1) is 35.3. The molecule has 0 amide bonds. The molecule has 5 aliphatic rings. The van der Waals surface area contributed by atoms with Crippen LogP contribution in [-0.4, -0.2) is 62.3 Å². The van der Waals surface area contributed by atoms with Crippen LogP contribution in [0, 0.1) is 57.2 Å². The lowest BCUT2D eigenvalue weighted by molar-refractivity contribution is -0.154. The van der Waals surface area contributed by atoms with Gasteiger partial charge in [-0.25, -0.2) is 8.37 Å². The summed E-state index contributed by atoms with van der Waals surface area (Å²) in [5, 5.41) is 0. The molecule has 12 nitrogen and oxygen atoms in total. The molecule has 0 saturated heterocycles. The van der Waals surface area contributed by atoms with Crippen LogP contribution in [0.25, 0.3) is 0 Å². The minimum atomic E-state index is -5.16. The van der Waals surface area contributed by atoms with Gasteiger partial charge < -0.3 is 4.74 Å². The van der Waals surface area contributed by atoms with Gasteiger partial charge in [-0.3, -0.25) is 23.5 Å². The number of Topliss-reactive ketones (excluding diaryl/α,β-unsaturated/α-hetero) is 1. The second-order valence-electron chi connectivity index (χ2n) is 15.2. The highest BCUT2D eigenvalue weighted by Gasteiger charge is 2.81. The quantitative estimate of drug-likeness (QED) is 0.178. The fraction of sp³-hybridized carbons (Fsp3) is 0.781. The fourth-order valence-corrected chi connectivity index (χ4v) is 12.0. The lowest BCUT2D eigenvalue weighted by atomic mass is 9.43. The molecule has 0 aromatic carbocycles. The number of carbonyl (C=O) groups is 3. The molecule has 4 fully saturated rings. The Balaban J connectivity index is 1.51. The number of allylic oxidation sites excluding steroid dienone is 2. The fourth-order valence-electron chi connectivity index (χ4n) is 11.0. The van der Waals surface area contributed by atoms with E-state index in [1.54, 1.807) is 13.0 Å². The predicted molar refractivity (Wildman–Crippen MR) is 165 cm³/mol. The minimum Gasteiger partial charge on any atom is -0.462 e. The van der Waals surface area contributed by atoms with Crippen LogP contribution in [0.3, 0.4) is 0 Å². The Hall–Kier alpha value is -1.97. The third-order valence-corrected chi connectivity index (χ3v) is 14.1. The summed E-state index contributed by atoms with van der Waals surface area (Å²) in [5.74, 6) is -3.24. The zero-order valence-corrected chi connectivity index (χ0v) is 28.9. The summed E-state index contributed by atoms with van der Waals surface area (Å²) in [5.41, 5.74) is -1.24. The Labute approximate surface area is 271 Å². The number of fused-ring (bicyclic) bond motifs is 2. The summed E-state index contributed by atoms with van der Waals surface area (Å²) < 4.78 is 80.6. The van der Waals surface area contributed by atoms with Crippen LogP contribution in [0.2, 0.25) is 0 Å². The maximum atomic E-state index is 13.8. The Bertz CT molecular complexity index is 1580. The van der Waals surface area contributed by atoms with Gasteiger partial charge in [0.15, 0.2) is 11.6 Å². The minimum absolute atomic E-state index is 0.00847. The molecule has 2 unspecified atom stereocenters. The van der Waals surface area contributed by atoms with Crippen LogP contribution in [0.4, 0.5) is 0 Å². The highest BCUT2D eigenvalue weighted by molar-refractivity contribution is 7.81. The van der Waals surface area contributed by atoms with E-state index in [0.29, 0.717) is 12.8 Å². The molecular weight excluding hydrogens is 640 g/mol. The summed E-state index contributed by atoms with van der Waals surface area (Å²) in [6, 6.07) is 0. The van der Waals surface area contributed by atoms with Crippen LogP contribution in [-0.2, 0) is 48.3 Å². The largest absolute Gasteiger partial charge is 0.462 e. The van der Waals surface area contributed by atoms with Crippen LogP contribution in [0.5, 0.6) is 0 Å². The summed E-state index contributed by atoms with van der Waals surface area (Å²) in [4.78, 5) is 39.0. The number of hydrogen-bond acceptors (Lipinski definition) is 10. The first-order chi connectivity index (χ1) is 21.0. The Morgan fingerprint density at radius 1 is 1.07 bits per heavy atom. The van der Waals surface area contributed by atoms with Crippen LogP contribution < -0.4 is 0 Å². The first-order valence-corrected chi connectivity index (χ1v) is 18.7. The molecule has 5 rings (SSSR count). The molecule has 0 radical (unpaired) electrons. The average molecular weight is 687 g/mol. The van der Waals surface area contributed by atoms with Gasteiger partial charge in [0.2, 0.25) is 0 Å². The van der Waals surface area contributed by atoms with E-state index in [1.807, 2.05) is 6.92 Å². The van der Waals surface area contributed by atoms with Gasteiger partial charge in [-0.1, -0.05) is 47.3 Å². The summed E-state index contributed by atoms with van der Waals surface area (Å²) in [7, 11) is -9.98. The normalized spacial score (nSPS) is 41.7. The van der Waals surface area contributed by atoms with E-state index in [4.69, 9.17) is 13.5 Å². The van der Waals surface area contributed by atoms with Gasteiger partial charge in [-0.2, -0.15) is 16.8 Å². The summed E-state index contributed by atoms with van der Waals surface area (Å²) >= 11 is 0. The maximum absolute atomic E-state index is 13.8. The second kappa shape index (κ2) is 11.3. The topological polar surface area (TPSA) is 188 Å². The standard InChI is InChI=1S/C32H46O12S2/c1-17(15-42-45(36,37)38)18(2)27(35)28(44-46(39,40)41)20(4)26-24(43-21(5)33)14-30(7)25-9-8-22-19(3)23(34)10-11-31(22)16-32(25,31)13-12-29(26,30)6/h10-11,17,19-20,22,24-26,28H,2,8-9,12-16H2,1,3-7H3,(H,36,37,38)(H,39,40,41)/t17-,19-,20-,22?,24-,25?,26-,28+,29+,30-,31+,32-/m0/s1. The van der Waals surface area contributed by atoms with Crippen molar-refractivity contribution in [2.24, 2.45) is 57.2 Å². The molecule has 0 bridgehead atoms. The van der Waals surface area contributed by atoms with E-state index in [-0.39, 0.29) is 39.9 Å². The van der Waals surface area contributed by atoms with Gasteiger partial charge in [-0.15, -0.1) is 0 Å². The Morgan fingerprint density at radius 2 is 1.72 bits per heavy atom. The number of hydrogen-bond donors (Lipinski definition) is 2. The number of ketones is 2. The van der Waals surface area contributed by atoms with Gasteiger partial charge in [0, 0.05) is 24.7 Å². The third-order valence-electron chi connectivity index (χ3n) is 13.3. The smallest absolute Gasteiger partial charge is 0.398 e. The molecule has 2 N–H and O–H groups in total. The van der Waals surface area contributed by atoms with Crippen molar-refractivity contribution < 1.29 is 53.4 Å². The van der Waals surface area contributed by atoms with Crippen molar-refractivity contribution in [3.05, 3.63) is 24.3 Å². The zero-order chi connectivity index (χ0) is 34.4. The van der Waals surface area contributed by atoms with Crippen molar-refractivity contribution in [1.82, 2.24) is 0 Å². The lowest BCUT2D eigenvalue weighted by Crippen LogP contribution is -2.56. The molecular formula is C32H46O12S2. The molecule has 2 spiro atoms. The van der Waals surface area contributed by atoms with Gasteiger partial charge in [0.25, 0.3) is 0 Å². The molecule has 5 aliphatic carbocycles. The number of carbonyl (C=O) groups excluding carboxylic acids is 3. The van der Waals surface area contributed by atoms with Crippen molar-refractivity contribution in [3.8, 4) is 0 Å². The molecule has 14 heteroatoms. The van der Waals surface area contributed by atoms with Crippen molar-refractivity contribution in [3.63, 3.8) is 0 Å². The number of ether oxygens (including phenoxy) is 1. The molecule has 0 aromatic heterocycles. The molecule has 4 saturated carbocycles. The molecule has 0 aliphatic heterocycles. The second-order valence-corrected chi connectivity index (χ2v) is 17.3. The molecule has 0 aromatic rings. The van der Waals surface area contributed by atoms with Gasteiger partial charge in [0.1, 0.15) is 12.2 Å². The number of rotatable bonds is 11. The van der Waals surface area contributed by atoms with Crippen LogP contribution in [0.15, 0.2) is 24.3 Å². The molecule has 46 heavy (non-hydrogen) atoms. The van der Waals surface area contributed by atoms with E-state index in [1.165, 1.54) is 13.8 Å². The van der Waals surface area contributed by atoms with Crippen molar-refractivity contribution in [2.75, 3.05) is 6.61 Å². The van der Waals surface area contributed by atoms with E-state index < -0.39 is 79.9 Å². The van der Waals surface area contributed by atoms with E-state index in [2.05, 4.69) is 30.7 Å². The SMILES string of the molecule is C=C(C(=O)[C@H](OS(=O)(=O)O)[C@@H](C)[C@H]1[C@@H](OC(C)=O)C[C@@]2(C)C3CCC4[C@H](C)C(=O)C=C[C@@]45C[C@@]35CC[C@]12C)[C@@H](C)COS(=O)(=O)O. The van der Waals surface area contributed by atoms with Crippen LogP contribution >= 0.6 is 0 Å². The zero-order valence-electron chi connectivity index (χ0n) is 27.2. The maximum Gasteiger partial charge on any atom is 0.398 e. The molecule has 0 heterocycles. The monoisotopic (exact) mass is 686 g/mol. The lowest BCUT2D eigenvalue weighted by Gasteiger charge is -2.61. The Morgan fingerprint density at radius 3 is 2.30 bits per heavy atom. The number of esters is 1. The highest BCUT2D eigenvalue weighted by atomic mass is 32.3. The van der Waals surface area contributed by atoms with Crippen LogP contribution in [0.1, 0.15) is 80.1 Å². The summed E-state index contributed by atoms with van der Waals surface area (Å²) in [6.45, 7) is 13.8. The van der Waals surface area contributed by atoms with Crippen molar-refractivity contribution >= 4 is 38.3 Å². The summed E-state index contributed by atoms with van der Waals surface area (Å²) in [6.07, 6.45) is 6.26. The van der Waals surface area contributed by atoms with Gasteiger partial charge in [0.05, 0.1) is 6.61 Å². The van der Waals surface area contributed by atoms with Crippen molar-refractivity contribution in [1.29, 1.82) is 0 Å². The Kier molecular flexibility index (Phi) is 8.68. The average Bonchev–Trinajstić information content (AvgIpc) is 3.54. The van der Waals surface area contributed by atoms with E-state index in [0.717, 1.165) is 25.7 Å². The van der Waals surface area contributed by atoms with Crippen molar-refractivity contribution in [2.45, 2.75) is 92.3 Å². The van der Waals surface area contributed by atoms with Gasteiger partial charge in [-0.05, 0) is 89.6 Å². The van der Waals surface area contributed by atoms with E-state index in [9.17, 15) is 35.8 Å².